The molecule has 15 heavy (non-hydrogen) atoms. The van der Waals surface area contributed by atoms with Crippen LogP contribution in [0.5, 0.6) is 0 Å². The van der Waals surface area contributed by atoms with Crippen LogP contribution in [0.4, 0.5) is 0 Å². The third-order valence-corrected chi connectivity index (χ3v) is 2.64. The molecule has 1 heterocycles. The van der Waals surface area contributed by atoms with Gasteiger partial charge >= 0.3 is 0 Å². The fourth-order valence-corrected chi connectivity index (χ4v) is 1.89. The first kappa shape index (κ1) is 8.24. The summed E-state index contributed by atoms with van der Waals surface area (Å²) in [6, 6.07) is 11.5. The summed E-state index contributed by atoms with van der Waals surface area (Å²) in [5, 5.41) is 0. The molecule has 0 radical (unpaired) electrons. The molecule has 1 aromatic carbocycles. The largest absolute Gasteiger partial charge is 0.361 e. The van der Waals surface area contributed by atoms with Crippen LogP contribution >= 0.6 is 0 Å². The summed E-state index contributed by atoms with van der Waals surface area (Å²) in [4.78, 5) is 15.1. The summed E-state index contributed by atoms with van der Waals surface area (Å²) >= 11 is 0. The van der Waals surface area contributed by atoms with Crippen molar-refractivity contribution in [2.24, 2.45) is 0 Å². The maximum absolute atomic E-state index is 12.0. The Labute approximate surface area is 87.3 Å². The monoisotopic (exact) mass is 195 g/mol. The number of fused-ring (bicyclic) bond motifs is 1. The van der Waals surface area contributed by atoms with Crippen molar-refractivity contribution < 1.29 is 4.79 Å². The second-order valence-corrected chi connectivity index (χ2v) is 3.56. The molecule has 2 aromatic rings. The van der Waals surface area contributed by atoms with Crippen molar-refractivity contribution >= 4 is 17.4 Å². The Kier molecular flexibility index (Phi) is 1.62. The number of hydrogen-bond donors (Lipinski definition) is 1. The molecule has 2 heteroatoms. The highest BCUT2D eigenvalue weighted by Gasteiger charge is 2.23. The summed E-state index contributed by atoms with van der Waals surface area (Å²) < 4.78 is 0. The number of aromatic amines is 1. The number of rotatable bonds is 1. The lowest BCUT2D eigenvalue weighted by molar-refractivity contribution is 0.105. The van der Waals surface area contributed by atoms with Crippen LogP contribution < -0.4 is 0 Å². The minimum Gasteiger partial charge on any atom is -0.361 e. The molecule has 3 rings (SSSR count). The summed E-state index contributed by atoms with van der Waals surface area (Å²) in [6.07, 6.45) is 3.76. The van der Waals surface area contributed by atoms with Crippen LogP contribution in [0.25, 0.3) is 11.6 Å². The molecule has 0 unspecified atom stereocenters. The van der Waals surface area contributed by atoms with E-state index in [1.165, 1.54) is 0 Å². The molecule has 0 aliphatic heterocycles. The standard InChI is InChI=1S/C13H9NO/c15-13-10-5-2-1-4-9(10)8-11(13)12-6-3-7-14-12/h1-8,14H. The second kappa shape index (κ2) is 2.95. The Morgan fingerprint density at radius 2 is 1.87 bits per heavy atom. The van der Waals surface area contributed by atoms with Crippen molar-refractivity contribution in [3.8, 4) is 0 Å². The van der Waals surface area contributed by atoms with E-state index < -0.39 is 0 Å². The van der Waals surface area contributed by atoms with E-state index in [9.17, 15) is 4.79 Å². The molecule has 1 N–H and O–H groups in total. The molecule has 0 atom stereocenters. The lowest BCUT2D eigenvalue weighted by atomic mass is 10.1. The van der Waals surface area contributed by atoms with E-state index in [0.717, 1.165) is 22.4 Å². The molecule has 0 spiro atoms. The molecule has 0 saturated carbocycles. The van der Waals surface area contributed by atoms with Crippen molar-refractivity contribution in [3.05, 3.63) is 59.4 Å². The maximum atomic E-state index is 12.0. The minimum absolute atomic E-state index is 0.105. The maximum Gasteiger partial charge on any atom is 0.195 e. The summed E-state index contributed by atoms with van der Waals surface area (Å²) in [6.45, 7) is 0. The van der Waals surface area contributed by atoms with Crippen LogP contribution in [0.15, 0.2) is 42.6 Å². The van der Waals surface area contributed by atoms with Gasteiger partial charge in [-0.25, -0.2) is 0 Å². The number of allylic oxidation sites excluding steroid dienone is 1. The van der Waals surface area contributed by atoms with Gasteiger partial charge in [0.2, 0.25) is 0 Å². The first-order valence-electron chi connectivity index (χ1n) is 4.85. The molecule has 0 bridgehead atoms. The Bertz CT molecular complexity index is 550. The van der Waals surface area contributed by atoms with Gasteiger partial charge in [0, 0.05) is 23.0 Å². The molecule has 0 amide bonds. The zero-order valence-corrected chi connectivity index (χ0v) is 8.03. The number of H-pyrrole nitrogens is 1. The number of nitrogens with one attached hydrogen (secondary N) is 1. The zero-order chi connectivity index (χ0) is 10.3. The van der Waals surface area contributed by atoms with E-state index in [1.54, 1.807) is 0 Å². The first-order chi connectivity index (χ1) is 7.36. The van der Waals surface area contributed by atoms with Crippen molar-refractivity contribution in [2.45, 2.75) is 0 Å². The van der Waals surface area contributed by atoms with Gasteiger partial charge in [-0.05, 0) is 23.8 Å². The van der Waals surface area contributed by atoms with Crippen molar-refractivity contribution in [1.82, 2.24) is 4.98 Å². The van der Waals surface area contributed by atoms with Crippen LogP contribution in [0.3, 0.4) is 0 Å². The zero-order valence-electron chi connectivity index (χ0n) is 8.03. The minimum atomic E-state index is 0.105. The molecule has 72 valence electrons. The van der Waals surface area contributed by atoms with E-state index in [-0.39, 0.29) is 5.78 Å². The van der Waals surface area contributed by atoms with Crippen LogP contribution in [0, 0.1) is 0 Å². The highest BCUT2D eigenvalue weighted by atomic mass is 16.1. The predicted molar refractivity (Wildman–Crippen MR) is 59.4 cm³/mol. The lowest BCUT2D eigenvalue weighted by Crippen LogP contribution is -1.97. The van der Waals surface area contributed by atoms with Crippen molar-refractivity contribution in [2.75, 3.05) is 0 Å². The molecule has 0 fully saturated rings. The van der Waals surface area contributed by atoms with Crippen molar-refractivity contribution in [3.63, 3.8) is 0 Å². The molecule has 1 aliphatic rings. The normalized spacial score (nSPS) is 13.9. The summed E-state index contributed by atoms with van der Waals surface area (Å²) in [5.41, 5.74) is 3.44. The van der Waals surface area contributed by atoms with Crippen LogP contribution in [-0.2, 0) is 0 Å². The number of ketones is 1. The number of carbonyl (C=O) groups excluding carboxylic acids is 1. The summed E-state index contributed by atoms with van der Waals surface area (Å²) in [5.74, 6) is 0.105. The van der Waals surface area contributed by atoms with Gasteiger partial charge in [-0.3, -0.25) is 4.79 Å². The smallest absolute Gasteiger partial charge is 0.195 e. The van der Waals surface area contributed by atoms with Crippen LogP contribution in [0.1, 0.15) is 21.6 Å². The topological polar surface area (TPSA) is 32.9 Å². The van der Waals surface area contributed by atoms with Gasteiger partial charge in [0.15, 0.2) is 5.78 Å². The number of aromatic nitrogens is 1. The van der Waals surface area contributed by atoms with Gasteiger partial charge in [0.1, 0.15) is 0 Å². The van der Waals surface area contributed by atoms with Gasteiger partial charge in [-0.1, -0.05) is 24.3 Å². The molecule has 0 saturated heterocycles. The van der Waals surface area contributed by atoms with E-state index in [4.69, 9.17) is 0 Å². The van der Waals surface area contributed by atoms with E-state index >= 15 is 0 Å². The Balaban J connectivity index is 2.15. The highest BCUT2D eigenvalue weighted by molar-refractivity contribution is 6.36. The SMILES string of the molecule is O=C1C(c2ccc[nH]2)=Cc2ccccc21. The lowest BCUT2D eigenvalue weighted by Gasteiger charge is -1.97. The fourth-order valence-electron chi connectivity index (χ4n) is 1.89. The van der Waals surface area contributed by atoms with Gasteiger partial charge < -0.3 is 4.98 Å². The number of carbonyl (C=O) groups is 1. The quantitative estimate of drug-likeness (QED) is 0.745. The average molecular weight is 195 g/mol. The van der Waals surface area contributed by atoms with E-state index in [2.05, 4.69) is 4.98 Å². The number of benzene rings is 1. The first-order valence-corrected chi connectivity index (χ1v) is 4.85. The van der Waals surface area contributed by atoms with Crippen LogP contribution in [0.2, 0.25) is 0 Å². The van der Waals surface area contributed by atoms with Crippen LogP contribution in [-0.4, -0.2) is 10.8 Å². The van der Waals surface area contributed by atoms with Gasteiger partial charge in [-0.2, -0.15) is 0 Å². The van der Waals surface area contributed by atoms with Gasteiger partial charge in [0.05, 0.1) is 0 Å². The molecular weight excluding hydrogens is 186 g/mol. The molecule has 1 aromatic heterocycles. The molecular formula is C13H9NO. The molecule has 1 aliphatic carbocycles. The Morgan fingerprint density at radius 3 is 2.60 bits per heavy atom. The highest BCUT2D eigenvalue weighted by Crippen LogP contribution is 2.30. The van der Waals surface area contributed by atoms with Gasteiger partial charge in [0.25, 0.3) is 0 Å². The van der Waals surface area contributed by atoms with E-state index in [1.807, 2.05) is 48.7 Å². The Hall–Kier alpha value is -2.09. The Morgan fingerprint density at radius 1 is 1.00 bits per heavy atom. The van der Waals surface area contributed by atoms with Crippen molar-refractivity contribution in [1.29, 1.82) is 0 Å². The fraction of sp³-hybridized carbons (Fsp3) is 0. The van der Waals surface area contributed by atoms with Gasteiger partial charge in [-0.15, -0.1) is 0 Å². The third kappa shape index (κ3) is 1.15. The number of Topliss-reactive ketones (excluding diaryl/α,β-unsaturated/α-hetero) is 1. The number of hydrogen-bond acceptors (Lipinski definition) is 1. The third-order valence-electron chi connectivity index (χ3n) is 2.64. The molecule has 2 nitrogen and oxygen atoms in total. The average Bonchev–Trinajstić information content (AvgIpc) is 2.87. The summed E-state index contributed by atoms with van der Waals surface area (Å²) in [7, 11) is 0. The predicted octanol–water partition coefficient (Wildman–Crippen LogP) is 2.75. The van der Waals surface area contributed by atoms with E-state index in [0.29, 0.717) is 0 Å². The second-order valence-electron chi connectivity index (χ2n) is 3.56.